The van der Waals surface area contributed by atoms with Crippen LogP contribution in [0.15, 0.2) is 91.1 Å². The zero-order valence-corrected chi connectivity index (χ0v) is 28.5. The van der Waals surface area contributed by atoms with Crippen LogP contribution in [0.2, 0.25) is 0 Å². The van der Waals surface area contributed by atoms with Crippen LogP contribution in [0, 0.1) is 6.92 Å². The summed E-state index contributed by atoms with van der Waals surface area (Å²) in [4.78, 5) is 55.3. The van der Waals surface area contributed by atoms with Crippen molar-refractivity contribution in [2.75, 3.05) is 44.7 Å². The molecule has 1 aliphatic heterocycles. The van der Waals surface area contributed by atoms with Gasteiger partial charge in [-0.15, -0.1) is 0 Å². The molecule has 3 amide bonds. The van der Waals surface area contributed by atoms with Crippen molar-refractivity contribution in [3.8, 4) is 27.4 Å². The van der Waals surface area contributed by atoms with E-state index in [2.05, 4.69) is 37.7 Å². The van der Waals surface area contributed by atoms with Gasteiger partial charge in [-0.3, -0.25) is 9.69 Å². The Morgan fingerprint density at radius 3 is 2.37 bits per heavy atom. The van der Waals surface area contributed by atoms with Gasteiger partial charge in [0.2, 0.25) is 11.8 Å². The largest absolute Gasteiger partial charge is 0.476 e. The minimum absolute atomic E-state index is 0.0134. The van der Waals surface area contributed by atoms with Crippen LogP contribution in [-0.2, 0) is 9.53 Å². The predicted octanol–water partition coefficient (Wildman–Crippen LogP) is 5.76. The van der Waals surface area contributed by atoms with Crippen molar-refractivity contribution in [2.24, 2.45) is 0 Å². The van der Waals surface area contributed by atoms with Gasteiger partial charge in [0.1, 0.15) is 30.9 Å². The van der Waals surface area contributed by atoms with E-state index in [-0.39, 0.29) is 45.3 Å². The fourth-order valence-corrected chi connectivity index (χ4v) is 7.21. The second kappa shape index (κ2) is 14.8. The first-order valence-electron chi connectivity index (χ1n) is 16.5. The number of benzene rings is 3. The average molecular weight is 706 g/mol. The molecule has 2 aliphatic rings. The SMILES string of the molecule is Cc1nc(Nc2ncc(-c3ccccc3)s2)cc(OCCNC(=O)[C@@H]2CN(C(=O)O)CCN2C(=O)OCC2c3ccccc3-c3ccccc32)n1. The fraction of sp³-hybridized carbons (Fsp3) is 0.243. The third-order valence-corrected chi connectivity index (χ3v) is 9.75. The third kappa shape index (κ3) is 7.45. The van der Waals surface area contributed by atoms with Crippen LogP contribution in [0.5, 0.6) is 5.88 Å². The minimum atomic E-state index is -1.17. The van der Waals surface area contributed by atoms with Crippen LogP contribution in [-0.4, -0.2) is 93.4 Å². The van der Waals surface area contributed by atoms with Gasteiger partial charge in [-0.1, -0.05) is 90.2 Å². The summed E-state index contributed by atoms with van der Waals surface area (Å²) in [7, 11) is 0. The summed E-state index contributed by atoms with van der Waals surface area (Å²) in [6.45, 7) is 1.86. The summed E-state index contributed by atoms with van der Waals surface area (Å²) in [6, 6.07) is 26.6. The minimum Gasteiger partial charge on any atom is -0.476 e. The Morgan fingerprint density at radius 1 is 0.941 bits per heavy atom. The molecule has 2 aromatic heterocycles. The van der Waals surface area contributed by atoms with Crippen molar-refractivity contribution in [3.63, 3.8) is 0 Å². The first-order chi connectivity index (χ1) is 24.8. The van der Waals surface area contributed by atoms with Gasteiger partial charge < -0.3 is 30.1 Å². The van der Waals surface area contributed by atoms with Gasteiger partial charge in [0, 0.05) is 31.3 Å². The zero-order valence-electron chi connectivity index (χ0n) is 27.7. The van der Waals surface area contributed by atoms with E-state index in [1.165, 1.54) is 16.2 Å². The Hall–Kier alpha value is -6.02. The number of piperazine rings is 1. The van der Waals surface area contributed by atoms with E-state index in [0.717, 1.165) is 37.6 Å². The normalized spacial score (nSPS) is 15.1. The van der Waals surface area contributed by atoms with Crippen LogP contribution in [0.3, 0.4) is 0 Å². The van der Waals surface area contributed by atoms with Crippen LogP contribution in [0.4, 0.5) is 20.5 Å². The summed E-state index contributed by atoms with van der Waals surface area (Å²) < 4.78 is 11.7. The number of carbonyl (C=O) groups is 3. The lowest BCUT2D eigenvalue weighted by Crippen LogP contribution is -2.61. The molecule has 0 unspecified atom stereocenters. The lowest BCUT2D eigenvalue weighted by Gasteiger charge is -2.38. The van der Waals surface area contributed by atoms with Crippen molar-refractivity contribution < 1.29 is 29.0 Å². The van der Waals surface area contributed by atoms with E-state index >= 15 is 0 Å². The molecular weight excluding hydrogens is 671 g/mol. The second-order valence-corrected chi connectivity index (χ2v) is 13.1. The van der Waals surface area contributed by atoms with Crippen molar-refractivity contribution in [1.82, 2.24) is 30.1 Å². The Morgan fingerprint density at radius 2 is 1.65 bits per heavy atom. The molecule has 0 radical (unpaired) electrons. The van der Waals surface area contributed by atoms with Gasteiger partial charge in [-0.25, -0.2) is 19.6 Å². The molecule has 0 saturated carbocycles. The Labute approximate surface area is 297 Å². The van der Waals surface area contributed by atoms with Crippen molar-refractivity contribution in [2.45, 2.75) is 18.9 Å². The number of carboxylic acid groups (broad SMARTS) is 1. The predicted molar refractivity (Wildman–Crippen MR) is 191 cm³/mol. The van der Waals surface area contributed by atoms with Gasteiger partial charge in [0.15, 0.2) is 5.13 Å². The van der Waals surface area contributed by atoms with Gasteiger partial charge in [-0.05, 0) is 34.7 Å². The molecule has 3 N–H and O–H groups in total. The summed E-state index contributed by atoms with van der Waals surface area (Å²) in [5.41, 5.74) is 5.41. The van der Waals surface area contributed by atoms with E-state index in [1.54, 1.807) is 19.2 Å². The molecule has 1 saturated heterocycles. The van der Waals surface area contributed by atoms with Crippen molar-refractivity contribution in [1.29, 1.82) is 0 Å². The number of ether oxygens (including phenoxy) is 2. The van der Waals surface area contributed by atoms with E-state index in [0.29, 0.717) is 22.7 Å². The van der Waals surface area contributed by atoms with Gasteiger partial charge in [0.05, 0.1) is 18.0 Å². The molecule has 3 aromatic carbocycles. The zero-order chi connectivity index (χ0) is 35.3. The number of fused-ring (bicyclic) bond motifs is 3. The molecule has 13 nitrogen and oxygen atoms in total. The van der Waals surface area contributed by atoms with E-state index in [1.807, 2.05) is 66.7 Å². The smallest absolute Gasteiger partial charge is 0.410 e. The Bertz CT molecular complexity index is 2010. The number of hydrogen-bond acceptors (Lipinski definition) is 10. The maximum Gasteiger partial charge on any atom is 0.410 e. The maximum atomic E-state index is 13.5. The van der Waals surface area contributed by atoms with E-state index in [4.69, 9.17) is 9.47 Å². The average Bonchev–Trinajstić information content (AvgIpc) is 3.74. The first-order valence-corrected chi connectivity index (χ1v) is 17.3. The number of thiazole rings is 1. The highest BCUT2D eigenvalue weighted by atomic mass is 32.1. The molecule has 51 heavy (non-hydrogen) atoms. The lowest BCUT2D eigenvalue weighted by molar-refractivity contribution is -0.127. The van der Waals surface area contributed by atoms with Crippen LogP contribution in [0.25, 0.3) is 21.6 Å². The number of aryl methyl sites for hydroxylation is 1. The highest BCUT2D eigenvalue weighted by Gasteiger charge is 2.38. The Kier molecular flexibility index (Phi) is 9.74. The number of rotatable bonds is 10. The van der Waals surface area contributed by atoms with Gasteiger partial charge in [-0.2, -0.15) is 4.98 Å². The topological polar surface area (TPSA) is 159 Å². The fourth-order valence-electron chi connectivity index (χ4n) is 6.38. The number of carbonyl (C=O) groups excluding carboxylic acids is 2. The molecule has 7 rings (SSSR count). The van der Waals surface area contributed by atoms with Crippen molar-refractivity contribution in [3.05, 3.63) is 108 Å². The highest BCUT2D eigenvalue weighted by Crippen LogP contribution is 2.44. The first kappa shape index (κ1) is 33.5. The quantitative estimate of drug-likeness (QED) is 0.153. The molecule has 0 spiro atoms. The summed E-state index contributed by atoms with van der Waals surface area (Å²) in [5.74, 6) is 0.616. The standard InChI is InChI=1S/C37H35N7O6S/c1-23-40-32(42-35-39-20-31(51-35)24-9-3-2-4-10-24)19-33(41-23)49-18-15-38-34(45)30-21-43(36(46)47)16-17-44(30)37(48)50-22-29-27-13-7-5-11-25(27)26-12-6-8-14-28(26)29/h2-14,19-20,29-30H,15-18,21-22H2,1H3,(H,38,45)(H,46,47)(H,39,40,41,42)/t30-/m0/s1. The maximum absolute atomic E-state index is 13.5. The van der Waals surface area contributed by atoms with Crippen molar-refractivity contribution >= 4 is 40.4 Å². The monoisotopic (exact) mass is 705 g/mol. The van der Waals surface area contributed by atoms with Crippen LogP contribution in [0.1, 0.15) is 22.9 Å². The molecule has 1 atom stereocenters. The number of amides is 3. The summed E-state index contributed by atoms with van der Waals surface area (Å²) >= 11 is 1.49. The summed E-state index contributed by atoms with van der Waals surface area (Å²) in [5, 5.41) is 16.3. The van der Waals surface area contributed by atoms with E-state index in [9.17, 15) is 19.5 Å². The third-order valence-electron chi connectivity index (χ3n) is 8.79. The molecule has 0 bridgehead atoms. The molecular formula is C37H35N7O6S. The molecule has 1 fully saturated rings. The van der Waals surface area contributed by atoms with Crippen LogP contribution < -0.4 is 15.4 Å². The summed E-state index contributed by atoms with van der Waals surface area (Å²) in [6.07, 6.45) is -0.0421. The van der Waals surface area contributed by atoms with Gasteiger partial charge in [0.25, 0.3) is 0 Å². The highest BCUT2D eigenvalue weighted by molar-refractivity contribution is 7.18. The van der Waals surface area contributed by atoms with Gasteiger partial charge >= 0.3 is 12.2 Å². The number of nitrogens with zero attached hydrogens (tertiary/aromatic N) is 5. The molecule has 3 heterocycles. The molecule has 1 aliphatic carbocycles. The molecule has 14 heteroatoms. The number of anilines is 2. The number of aromatic nitrogens is 3. The number of nitrogens with one attached hydrogen (secondary N) is 2. The lowest BCUT2D eigenvalue weighted by atomic mass is 9.98. The molecule has 5 aromatic rings. The number of hydrogen-bond donors (Lipinski definition) is 3. The van der Waals surface area contributed by atoms with E-state index < -0.39 is 24.1 Å². The second-order valence-electron chi connectivity index (χ2n) is 12.0. The Balaban J connectivity index is 0.951. The molecule has 260 valence electrons. The van der Waals surface area contributed by atoms with Crippen LogP contribution >= 0.6 is 11.3 Å².